The van der Waals surface area contributed by atoms with Crippen LogP contribution in [0, 0.1) is 0 Å². The minimum atomic E-state index is -0.605. The number of anilines is 1. The summed E-state index contributed by atoms with van der Waals surface area (Å²) in [6.45, 7) is 3.96. The van der Waals surface area contributed by atoms with Crippen molar-refractivity contribution in [2.24, 2.45) is 0 Å². The second-order valence-corrected chi connectivity index (χ2v) is 5.00. The van der Waals surface area contributed by atoms with Gasteiger partial charge in [0.25, 0.3) is 0 Å². The van der Waals surface area contributed by atoms with Gasteiger partial charge in [0.05, 0.1) is 6.20 Å². The van der Waals surface area contributed by atoms with E-state index in [0.717, 1.165) is 42.7 Å². The van der Waals surface area contributed by atoms with Crippen LogP contribution in [0.1, 0.15) is 36.1 Å². The zero-order valence-corrected chi connectivity index (χ0v) is 11.1. The summed E-state index contributed by atoms with van der Waals surface area (Å²) in [5.41, 5.74) is 4.19. The molecule has 0 amide bonds. The van der Waals surface area contributed by atoms with E-state index in [1.807, 2.05) is 23.0 Å². The van der Waals surface area contributed by atoms with Crippen LogP contribution in [0.3, 0.4) is 0 Å². The van der Waals surface area contributed by atoms with Crippen LogP contribution >= 0.6 is 0 Å². The highest BCUT2D eigenvalue weighted by Crippen LogP contribution is 2.33. The van der Waals surface area contributed by atoms with Crippen molar-refractivity contribution in [2.45, 2.75) is 32.4 Å². The van der Waals surface area contributed by atoms with Crippen molar-refractivity contribution in [2.75, 3.05) is 11.9 Å². The maximum atomic E-state index is 10.5. The normalized spacial score (nSPS) is 15.1. The molecular weight excluding hydrogens is 238 g/mol. The maximum absolute atomic E-state index is 10.5. The molecule has 4 nitrogen and oxygen atoms in total. The number of fused-ring (bicyclic) bond motifs is 1. The van der Waals surface area contributed by atoms with E-state index < -0.39 is 6.10 Å². The zero-order chi connectivity index (χ0) is 13.2. The largest absolute Gasteiger partial charge is 0.384 e. The Morgan fingerprint density at radius 3 is 3.21 bits per heavy atom. The van der Waals surface area contributed by atoms with E-state index in [1.165, 1.54) is 5.56 Å². The summed E-state index contributed by atoms with van der Waals surface area (Å²) < 4.78 is 1.88. The molecule has 2 aromatic rings. The third-order valence-corrected chi connectivity index (χ3v) is 3.60. The molecule has 1 aliphatic heterocycles. The minimum absolute atomic E-state index is 0.605. The van der Waals surface area contributed by atoms with Crippen LogP contribution in [0.2, 0.25) is 0 Å². The molecule has 1 aliphatic rings. The number of aryl methyl sites for hydroxylation is 1. The van der Waals surface area contributed by atoms with Gasteiger partial charge in [-0.3, -0.25) is 4.68 Å². The molecule has 0 saturated carbocycles. The van der Waals surface area contributed by atoms with Gasteiger partial charge in [0, 0.05) is 36.1 Å². The van der Waals surface area contributed by atoms with Crippen LogP contribution in [-0.4, -0.2) is 21.4 Å². The fraction of sp³-hybridized carbons (Fsp3) is 0.400. The summed E-state index contributed by atoms with van der Waals surface area (Å²) in [7, 11) is 0. The number of benzene rings is 1. The van der Waals surface area contributed by atoms with Crippen LogP contribution in [0.15, 0.2) is 30.6 Å². The number of hydrogen-bond acceptors (Lipinski definition) is 3. The predicted molar refractivity (Wildman–Crippen MR) is 75.2 cm³/mol. The van der Waals surface area contributed by atoms with Crippen molar-refractivity contribution in [1.29, 1.82) is 0 Å². The number of aliphatic hydroxyl groups excluding tert-OH is 1. The highest BCUT2D eigenvalue weighted by Gasteiger charge is 2.20. The van der Waals surface area contributed by atoms with Crippen LogP contribution in [0.5, 0.6) is 0 Å². The van der Waals surface area contributed by atoms with Crippen molar-refractivity contribution in [3.8, 4) is 0 Å². The maximum Gasteiger partial charge on any atom is 0.109 e. The average Bonchev–Trinajstić information content (AvgIpc) is 3.06. The van der Waals surface area contributed by atoms with Gasteiger partial charge in [-0.25, -0.2) is 0 Å². The summed E-state index contributed by atoms with van der Waals surface area (Å²) >= 11 is 0. The van der Waals surface area contributed by atoms with Crippen molar-refractivity contribution in [1.82, 2.24) is 9.78 Å². The first-order chi connectivity index (χ1) is 9.29. The van der Waals surface area contributed by atoms with Crippen molar-refractivity contribution >= 4 is 5.69 Å². The van der Waals surface area contributed by atoms with E-state index in [2.05, 4.69) is 23.4 Å². The Kier molecular flexibility index (Phi) is 3.25. The van der Waals surface area contributed by atoms with Gasteiger partial charge in [-0.1, -0.05) is 25.1 Å². The lowest BCUT2D eigenvalue weighted by Gasteiger charge is -2.14. The SMILES string of the molecule is CCCn1cc(C(O)c2cccc3c2NCC3)cn1. The first-order valence-electron chi connectivity index (χ1n) is 6.85. The molecule has 2 N–H and O–H groups in total. The number of nitrogens with zero attached hydrogens (tertiary/aromatic N) is 2. The van der Waals surface area contributed by atoms with Crippen molar-refractivity contribution in [3.05, 3.63) is 47.3 Å². The molecule has 1 aromatic carbocycles. The Labute approximate surface area is 113 Å². The topological polar surface area (TPSA) is 50.1 Å². The highest BCUT2D eigenvalue weighted by atomic mass is 16.3. The van der Waals surface area contributed by atoms with E-state index >= 15 is 0 Å². The summed E-state index contributed by atoms with van der Waals surface area (Å²) in [5.74, 6) is 0. The fourth-order valence-electron chi connectivity index (χ4n) is 2.65. The molecule has 2 heterocycles. The van der Waals surface area contributed by atoms with E-state index in [9.17, 15) is 5.11 Å². The van der Waals surface area contributed by atoms with E-state index in [0.29, 0.717) is 0 Å². The van der Waals surface area contributed by atoms with Gasteiger partial charge >= 0.3 is 0 Å². The Morgan fingerprint density at radius 2 is 2.37 bits per heavy atom. The lowest BCUT2D eigenvalue weighted by atomic mass is 10.00. The monoisotopic (exact) mass is 257 g/mol. The van der Waals surface area contributed by atoms with Gasteiger partial charge in [0.15, 0.2) is 0 Å². The molecule has 0 spiro atoms. The molecule has 1 aromatic heterocycles. The Hall–Kier alpha value is -1.81. The van der Waals surface area contributed by atoms with Crippen LogP contribution < -0.4 is 5.32 Å². The summed E-state index contributed by atoms with van der Waals surface area (Å²) in [5, 5.41) is 18.2. The van der Waals surface area contributed by atoms with Gasteiger partial charge in [-0.05, 0) is 18.4 Å². The van der Waals surface area contributed by atoms with E-state index in [-0.39, 0.29) is 0 Å². The molecular formula is C15H19N3O. The Morgan fingerprint density at radius 1 is 1.47 bits per heavy atom. The molecule has 0 saturated heterocycles. The van der Waals surface area contributed by atoms with Crippen molar-refractivity contribution < 1.29 is 5.11 Å². The highest BCUT2D eigenvalue weighted by molar-refractivity contribution is 5.62. The number of rotatable bonds is 4. The predicted octanol–water partition coefficient (Wildman–Crippen LogP) is 2.34. The number of nitrogens with one attached hydrogen (secondary N) is 1. The lowest BCUT2D eigenvalue weighted by molar-refractivity contribution is 0.221. The summed E-state index contributed by atoms with van der Waals surface area (Å²) in [6, 6.07) is 6.12. The quantitative estimate of drug-likeness (QED) is 0.884. The van der Waals surface area contributed by atoms with Crippen molar-refractivity contribution in [3.63, 3.8) is 0 Å². The third kappa shape index (κ3) is 2.24. The van der Waals surface area contributed by atoms with Crippen LogP contribution in [-0.2, 0) is 13.0 Å². The van der Waals surface area contributed by atoms with E-state index in [4.69, 9.17) is 0 Å². The van der Waals surface area contributed by atoms with Gasteiger partial charge < -0.3 is 10.4 Å². The second kappa shape index (κ2) is 5.05. The van der Waals surface area contributed by atoms with Gasteiger partial charge in [0.1, 0.15) is 6.10 Å². The second-order valence-electron chi connectivity index (χ2n) is 5.00. The fourth-order valence-corrected chi connectivity index (χ4v) is 2.65. The molecule has 0 bridgehead atoms. The number of aromatic nitrogens is 2. The molecule has 4 heteroatoms. The summed E-state index contributed by atoms with van der Waals surface area (Å²) in [4.78, 5) is 0. The Bertz CT molecular complexity index is 577. The molecule has 1 atom stereocenters. The number of aliphatic hydroxyl groups is 1. The molecule has 1 unspecified atom stereocenters. The first-order valence-corrected chi connectivity index (χ1v) is 6.85. The summed E-state index contributed by atoms with van der Waals surface area (Å²) in [6.07, 6.45) is 5.16. The van der Waals surface area contributed by atoms with E-state index in [1.54, 1.807) is 6.20 Å². The Balaban J connectivity index is 1.91. The smallest absolute Gasteiger partial charge is 0.109 e. The number of hydrogen-bond donors (Lipinski definition) is 2. The molecule has 3 rings (SSSR count). The first kappa shape index (κ1) is 12.2. The lowest BCUT2D eigenvalue weighted by Crippen LogP contribution is -2.03. The molecule has 100 valence electrons. The zero-order valence-electron chi connectivity index (χ0n) is 11.1. The number of para-hydroxylation sites is 1. The van der Waals surface area contributed by atoms with Gasteiger partial charge in [-0.15, -0.1) is 0 Å². The molecule has 0 aliphatic carbocycles. The van der Waals surface area contributed by atoms with Crippen LogP contribution in [0.4, 0.5) is 5.69 Å². The van der Waals surface area contributed by atoms with Crippen LogP contribution in [0.25, 0.3) is 0 Å². The third-order valence-electron chi connectivity index (χ3n) is 3.60. The van der Waals surface area contributed by atoms with Gasteiger partial charge in [-0.2, -0.15) is 5.10 Å². The standard InChI is InChI=1S/C15H19N3O/c1-2-8-18-10-12(9-17-18)15(19)13-5-3-4-11-6-7-16-14(11)13/h3-5,9-10,15-16,19H,2,6-8H2,1H3. The molecule has 0 fully saturated rings. The molecule has 0 radical (unpaired) electrons. The van der Waals surface area contributed by atoms with Gasteiger partial charge in [0.2, 0.25) is 0 Å². The minimum Gasteiger partial charge on any atom is -0.384 e. The molecule has 19 heavy (non-hydrogen) atoms. The average molecular weight is 257 g/mol.